The molecule has 0 aliphatic carbocycles. The first-order valence-electron chi connectivity index (χ1n) is 9.79. The molecule has 1 fully saturated rings. The third-order valence-corrected chi connectivity index (χ3v) is 6.22. The van der Waals surface area contributed by atoms with Gasteiger partial charge in [-0.05, 0) is 43.3 Å². The average Bonchev–Trinajstić information content (AvgIpc) is 3.25. The molecule has 0 bridgehead atoms. The van der Waals surface area contributed by atoms with Crippen molar-refractivity contribution >= 4 is 17.2 Å². The summed E-state index contributed by atoms with van der Waals surface area (Å²) < 4.78 is 5.28. The van der Waals surface area contributed by atoms with Gasteiger partial charge in [-0.3, -0.25) is 9.69 Å². The monoisotopic (exact) mass is 390 g/mol. The first-order chi connectivity index (χ1) is 12.9. The minimum absolute atomic E-state index is 0.127. The van der Waals surface area contributed by atoms with Crippen molar-refractivity contribution in [3.05, 3.63) is 33.6 Å². The van der Waals surface area contributed by atoms with E-state index in [1.807, 2.05) is 30.1 Å². The summed E-state index contributed by atoms with van der Waals surface area (Å²) in [6.07, 6.45) is 2.82. The van der Waals surface area contributed by atoms with Gasteiger partial charge in [0.15, 0.2) is 5.82 Å². The molecule has 3 heterocycles. The van der Waals surface area contributed by atoms with Crippen LogP contribution in [0.1, 0.15) is 61.7 Å². The van der Waals surface area contributed by atoms with Crippen molar-refractivity contribution in [3.8, 4) is 0 Å². The largest absolute Gasteiger partial charge is 0.339 e. The minimum atomic E-state index is 0.127. The number of hydrogen-bond donors (Lipinski definition) is 0. The number of aryl methyl sites for hydroxylation is 1. The van der Waals surface area contributed by atoms with Gasteiger partial charge in [-0.2, -0.15) is 4.98 Å². The lowest BCUT2D eigenvalue weighted by atomic mass is 10.0. The second-order valence-electron chi connectivity index (χ2n) is 7.72. The highest BCUT2D eigenvalue weighted by Crippen LogP contribution is 2.23. The summed E-state index contributed by atoms with van der Waals surface area (Å²) in [6.45, 7) is 11.6. The van der Waals surface area contributed by atoms with Crippen LogP contribution in [-0.2, 0) is 17.8 Å². The third-order valence-electron chi connectivity index (χ3n) is 5.22. The lowest BCUT2D eigenvalue weighted by Gasteiger charge is -2.39. The molecule has 7 heteroatoms. The Balaban J connectivity index is 1.59. The Kier molecular flexibility index (Phi) is 6.65. The molecule has 27 heavy (non-hydrogen) atoms. The zero-order chi connectivity index (χ0) is 19.4. The van der Waals surface area contributed by atoms with E-state index in [1.54, 1.807) is 6.92 Å². The Morgan fingerprint density at radius 2 is 2.30 bits per heavy atom. The standard InChI is InChI=1S/C20H30N4O2S/c1-14(2)20-21-19(22-26-20)7-10-24(16(4)25)17-6-5-9-23(12-17)13-18-15(3)8-11-27-18/h8,11,14,17H,5-7,9-10,12-13H2,1-4H3. The Morgan fingerprint density at radius 3 is 2.93 bits per heavy atom. The highest BCUT2D eigenvalue weighted by Gasteiger charge is 2.27. The second kappa shape index (κ2) is 8.97. The number of carbonyl (C=O) groups excluding carboxylic acids is 1. The Hall–Kier alpha value is -1.73. The molecule has 2 aromatic heterocycles. The van der Waals surface area contributed by atoms with E-state index in [0.29, 0.717) is 24.7 Å². The molecular weight excluding hydrogens is 360 g/mol. The third kappa shape index (κ3) is 5.17. The normalized spacial score (nSPS) is 18.2. The van der Waals surface area contributed by atoms with Crippen LogP contribution in [-0.4, -0.2) is 51.5 Å². The van der Waals surface area contributed by atoms with E-state index in [-0.39, 0.29) is 17.9 Å². The number of amides is 1. The molecule has 148 valence electrons. The van der Waals surface area contributed by atoms with Gasteiger partial charge >= 0.3 is 0 Å². The van der Waals surface area contributed by atoms with Crippen LogP contribution in [0.2, 0.25) is 0 Å². The van der Waals surface area contributed by atoms with E-state index < -0.39 is 0 Å². The van der Waals surface area contributed by atoms with Crippen LogP contribution >= 0.6 is 11.3 Å². The Bertz CT molecular complexity index is 755. The number of hydrogen-bond acceptors (Lipinski definition) is 6. The molecule has 0 aromatic carbocycles. The van der Waals surface area contributed by atoms with Crippen LogP contribution in [0.4, 0.5) is 0 Å². The molecule has 2 aromatic rings. The van der Waals surface area contributed by atoms with Crippen molar-refractivity contribution < 1.29 is 9.32 Å². The van der Waals surface area contributed by atoms with Crippen LogP contribution in [0.15, 0.2) is 16.0 Å². The molecule has 1 aliphatic rings. The summed E-state index contributed by atoms with van der Waals surface area (Å²) >= 11 is 1.82. The van der Waals surface area contributed by atoms with E-state index in [1.165, 1.54) is 10.4 Å². The molecule has 1 amide bonds. The smallest absolute Gasteiger partial charge is 0.229 e. The zero-order valence-electron chi connectivity index (χ0n) is 16.8. The fraction of sp³-hybridized carbons (Fsp3) is 0.650. The number of aromatic nitrogens is 2. The van der Waals surface area contributed by atoms with Crippen LogP contribution in [0.25, 0.3) is 0 Å². The summed E-state index contributed by atoms with van der Waals surface area (Å²) in [6, 6.07) is 2.44. The fourth-order valence-electron chi connectivity index (χ4n) is 3.62. The quantitative estimate of drug-likeness (QED) is 0.723. The maximum absolute atomic E-state index is 12.3. The minimum Gasteiger partial charge on any atom is -0.339 e. The zero-order valence-corrected chi connectivity index (χ0v) is 17.6. The topological polar surface area (TPSA) is 62.5 Å². The number of piperidine rings is 1. The molecule has 1 saturated heterocycles. The Morgan fingerprint density at radius 1 is 1.48 bits per heavy atom. The first kappa shape index (κ1) is 20.0. The van der Waals surface area contributed by atoms with E-state index in [4.69, 9.17) is 4.52 Å². The van der Waals surface area contributed by atoms with Crippen LogP contribution in [0, 0.1) is 6.92 Å². The first-order valence-corrected chi connectivity index (χ1v) is 10.7. The molecule has 1 atom stereocenters. The SMILES string of the molecule is CC(=O)N(CCc1noc(C(C)C)n1)C1CCCN(Cc2sccc2C)C1. The fourth-order valence-corrected chi connectivity index (χ4v) is 4.57. The lowest BCUT2D eigenvalue weighted by Crippen LogP contribution is -2.50. The lowest BCUT2D eigenvalue weighted by molar-refractivity contribution is -0.132. The van der Waals surface area contributed by atoms with Crippen molar-refractivity contribution in [2.75, 3.05) is 19.6 Å². The molecule has 1 aliphatic heterocycles. The number of thiophene rings is 1. The summed E-state index contributed by atoms with van der Waals surface area (Å²) in [5, 5.41) is 6.21. The molecule has 1 unspecified atom stereocenters. The second-order valence-corrected chi connectivity index (χ2v) is 8.72. The van der Waals surface area contributed by atoms with E-state index in [0.717, 1.165) is 32.5 Å². The average molecular weight is 391 g/mol. The van der Waals surface area contributed by atoms with Gasteiger partial charge in [0.2, 0.25) is 11.8 Å². The van der Waals surface area contributed by atoms with Crippen molar-refractivity contribution in [1.82, 2.24) is 19.9 Å². The molecule has 0 N–H and O–H groups in total. The number of carbonyl (C=O) groups is 1. The van der Waals surface area contributed by atoms with Crippen molar-refractivity contribution in [3.63, 3.8) is 0 Å². The van der Waals surface area contributed by atoms with Gasteiger partial charge < -0.3 is 9.42 Å². The van der Waals surface area contributed by atoms with Crippen LogP contribution < -0.4 is 0 Å². The molecule has 6 nitrogen and oxygen atoms in total. The maximum Gasteiger partial charge on any atom is 0.229 e. The summed E-state index contributed by atoms with van der Waals surface area (Å²) in [7, 11) is 0. The van der Waals surface area contributed by atoms with Gasteiger partial charge in [0, 0.05) is 49.8 Å². The van der Waals surface area contributed by atoms with Gasteiger partial charge in [0.1, 0.15) is 0 Å². The van der Waals surface area contributed by atoms with Gasteiger partial charge in [-0.1, -0.05) is 19.0 Å². The molecular formula is C20H30N4O2S. The van der Waals surface area contributed by atoms with Gasteiger partial charge in [0.25, 0.3) is 0 Å². The summed E-state index contributed by atoms with van der Waals surface area (Å²) in [5.41, 5.74) is 1.36. The Labute approximate surface area is 165 Å². The van der Waals surface area contributed by atoms with Crippen molar-refractivity contribution in [1.29, 1.82) is 0 Å². The molecule has 0 spiro atoms. The van der Waals surface area contributed by atoms with E-state index in [2.05, 4.69) is 33.4 Å². The maximum atomic E-state index is 12.3. The van der Waals surface area contributed by atoms with Crippen LogP contribution in [0.3, 0.4) is 0 Å². The van der Waals surface area contributed by atoms with Gasteiger partial charge in [-0.25, -0.2) is 0 Å². The number of likely N-dealkylation sites (tertiary alicyclic amines) is 1. The molecule has 0 saturated carbocycles. The van der Waals surface area contributed by atoms with Crippen molar-refractivity contribution in [2.45, 2.75) is 65.5 Å². The predicted molar refractivity (Wildman–Crippen MR) is 107 cm³/mol. The van der Waals surface area contributed by atoms with E-state index >= 15 is 0 Å². The highest BCUT2D eigenvalue weighted by atomic mass is 32.1. The van der Waals surface area contributed by atoms with Gasteiger partial charge in [0.05, 0.1) is 0 Å². The summed E-state index contributed by atoms with van der Waals surface area (Å²) in [5.74, 6) is 1.70. The number of rotatable bonds is 7. The number of nitrogens with zero attached hydrogens (tertiary/aromatic N) is 4. The molecule has 3 rings (SSSR count). The predicted octanol–water partition coefficient (Wildman–Crippen LogP) is 3.62. The van der Waals surface area contributed by atoms with Crippen molar-refractivity contribution in [2.24, 2.45) is 0 Å². The molecule has 0 radical (unpaired) electrons. The highest BCUT2D eigenvalue weighted by molar-refractivity contribution is 7.10. The summed E-state index contributed by atoms with van der Waals surface area (Å²) in [4.78, 5) is 22.6. The van der Waals surface area contributed by atoms with E-state index in [9.17, 15) is 4.79 Å². The van der Waals surface area contributed by atoms with Crippen LogP contribution in [0.5, 0.6) is 0 Å². The van der Waals surface area contributed by atoms with Gasteiger partial charge in [-0.15, -0.1) is 11.3 Å².